The molecule has 3 N–H and O–H groups in total. The normalized spacial score (nSPS) is 9.33. The highest BCUT2D eigenvalue weighted by atomic mass is 14.7. The van der Waals surface area contributed by atoms with Gasteiger partial charge in [0.15, 0.2) is 0 Å². The molecule has 0 aromatic heterocycles. The van der Waals surface area contributed by atoms with Crippen LogP contribution in [0.15, 0.2) is 37.0 Å². The van der Waals surface area contributed by atoms with Gasteiger partial charge in [0.2, 0.25) is 0 Å². The Hall–Kier alpha value is -1.31. The van der Waals surface area contributed by atoms with E-state index < -0.39 is 0 Å². The van der Waals surface area contributed by atoms with Gasteiger partial charge in [-0.1, -0.05) is 31.4 Å². The van der Waals surface area contributed by atoms with Crippen molar-refractivity contribution < 1.29 is 0 Å². The fourth-order valence-corrected chi connectivity index (χ4v) is 0.274. The van der Waals surface area contributed by atoms with Crippen molar-refractivity contribution in [3.05, 3.63) is 37.0 Å². The summed E-state index contributed by atoms with van der Waals surface area (Å²) in [5, 5.41) is 6.87. The molecule has 0 aromatic rings. The van der Waals surface area contributed by atoms with Crippen molar-refractivity contribution in [2.75, 3.05) is 0 Å². The highest BCUT2D eigenvalue weighted by Gasteiger charge is 1.86. The molecule has 0 aliphatic heterocycles. The molecule has 0 atom stereocenters. The predicted molar refractivity (Wildman–Crippen MR) is 40.4 cm³/mol. The highest BCUT2D eigenvalue weighted by Crippen LogP contribution is 1.89. The lowest BCUT2D eigenvalue weighted by molar-refractivity contribution is 1.44. The van der Waals surface area contributed by atoms with Crippen molar-refractivity contribution in [2.24, 2.45) is 5.73 Å². The number of nitrogens with two attached hydrogens (primary N) is 1. The van der Waals surface area contributed by atoms with Crippen molar-refractivity contribution in [3.8, 4) is 0 Å². The van der Waals surface area contributed by atoms with Gasteiger partial charge in [0.05, 0.1) is 0 Å². The maximum absolute atomic E-state index is 6.87. The van der Waals surface area contributed by atoms with Gasteiger partial charge in [-0.2, -0.15) is 0 Å². The van der Waals surface area contributed by atoms with Crippen LogP contribution >= 0.6 is 0 Å². The first-order valence-corrected chi connectivity index (χ1v) is 2.51. The molecule has 0 spiro atoms. The third-order valence-corrected chi connectivity index (χ3v) is 0.779. The SMILES string of the molecule is C=C/C=C\C(=C)C(=N)N. The quantitative estimate of drug-likeness (QED) is 0.330. The van der Waals surface area contributed by atoms with E-state index in [1.54, 1.807) is 18.2 Å². The summed E-state index contributed by atoms with van der Waals surface area (Å²) < 4.78 is 0. The number of hydrogen-bond donors (Lipinski definition) is 2. The maximum Gasteiger partial charge on any atom is 0.122 e. The Kier molecular flexibility index (Phi) is 3.13. The van der Waals surface area contributed by atoms with Gasteiger partial charge in [-0.15, -0.1) is 0 Å². The molecule has 0 rings (SSSR count). The minimum Gasteiger partial charge on any atom is -0.384 e. The monoisotopic (exact) mass is 122 g/mol. The summed E-state index contributed by atoms with van der Waals surface area (Å²) in [6.07, 6.45) is 4.92. The standard InChI is InChI=1S/C7H10N2/c1-3-4-5-6(2)7(8)9/h3-5H,1-2H2,(H3,8,9)/b5-4-. The average Bonchev–Trinajstić information content (AvgIpc) is 1.82. The van der Waals surface area contributed by atoms with Crippen LogP contribution < -0.4 is 5.73 Å². The molecule has 2 nitrogen and oxygen atoms in total. The van der Waals surface area contributed by atoms with E-state index in [4.69, 9.17) is 11.1 Å². The fraction of sp³-hybridized carbons (Fsp3) is 0. The third kappa shape index (κ3) is 3.29. The van der Waals surface area contributed by atoms with E-state index in [1.165, 1.54) is 0 Å². The van der Waals surface area contributed by atoms with E-state index in [0.29, 0.717) is 5.57 Å². The van der Waals surface area contributed by atoms with Gasteiger partial charge in [-0.3, -0.25) is 5.41 Å². The molecule has 0 saturated heterocycles. The maximum atomic E-state index is 6.87. The molecule has 0 unspecified atom stereocenters. The molecule has 0 aromatic carbocycles. The van der Waals surface area contributed by atoms with Crippen molar-refractivity contribution in [3.63, 3.8) is 0 Å². The van der Waals surface area contributed by atoms with Crippen LogP contribution in [0.5, 0.6) is 0 Å². The van der Waals surface area contributed by atoms with Crippen LogP contribution in [0.3, 0.4) is 0 Å². The summed E-state index contributed by atoms with van der Waals surface area (Å²) in [6.45, 7) is 6.96. The second-order valence-electron chi connectivity index (χ2n) is 1.53. The van der Waals surface area contributed by atoms with Crippen LogP contribution in [-0.4, -0.2) is 5.84 Å². The summed E-state index contributed by atoms with van der Waals surface area (Å²) in [4.78, 5) is 0. The van der Waals surface area contributed by atoms with Gasteiger partial charge in [0.1, 0.15) is 5.84 Å². The van der Waals surface area contributed by atoms with Crippen molar-refractivity contribution in [2.45, 2.75) is 0 Å². The van der Waals surface area contributed by atoms with Crippen LogP contribution in [0, 0.1) is 5.41 Å². The molecule has 0 aliphatic carbocycles. The van der Waals surface area contributed by atoms with Gasteiger partial charge in [-0.25, -0.2) is 0 Å². The molecule has 0 amide bonds. The summed E-state index contributed by atoms with van der Waals surface area (Å²) >= 11 is 0. The molecule has 0 saturated carbocycles. The number of amidine groups is 1. The van der Waals surface area contributed by atoms with Crippen LogP contribution in [0.4, 0.5) is 0 Å². The van der Waals surface area contributed by atoms with Gasteiger partial charge < -0.3 is 5.73 Å². The largest absolute Gasteiger partial charge is 0.384 e. The van der Waals surface area contributed by atoms with E-state index in [1.807, 2.05) is 0 Å². The Labute approximate surface area is 54.9 Å². The Bertz CT molecular complexity index is 166. The fourth-order valence-electron chi connectivity index (χ4n) is 0.274. The molecular formula is C7H10N2. The number of nitrogens with one attached hydrogen (secondary N) is 1. The minimum atomic E-state index is -0.00639. The first-order valence-electron chi connectivity index (χ1n) is 2.51. The molecule has 0 radical (unpaired) electrons. The van der Waals surface area contributed by atoms with Gasteiger partial charge in [0, 0.05) is 5.57 Å². The topological polar surface area (TPSA) is 49.9 Å². The summed E-state index contributed by atoms with van der Waals surface area (Å²) in [6, 6.07) is 0. The summed E-state index contributed by atoms with van der Waals surface area (Å²) in [7, 11) is 0. The van der Waals surface area contributed by atoms with E-state index in [0.717, 1.165) is 0 Å². The molecule has 9 heavy (non-hydrogen) atoms. The summed E-state index contributed by atoms with van der Waals surface area (Å²) in [5.74, 6) is -0.00639. The zero-order valence-electron chi connectivity index (χ0n) is 5.22. The van der Waals surface area contributed by atoms with Crippen LogP contribution in [0.2, 0.25) is 0 Å². The summed E-state index contributed by atoms with van der Waals surface area (Å²) in [5.41, 5.74) is 5.58. The molecule has 0 bridgehead atoms. The number of hydrogen-bond acceptors (Lipinski definition) is 1. The lowest BCUT2D eigenvalue weighted by atomic mass is 10.2. The van der Waals surface area contributed by atoms with E-state index in [2.05, 4.69) is 13.2 Å². The second kappa shape index (κ2) is 3.66. The van der Waals surface area contributed by atoms with E-state index >= 15 is 0 Å². The molecule has 2 heteroatoms. The Morgan fingerprint density at radius 3 is 2.44 bits per heavy atom. The van der Waals surface area contributed by atoms with Gasteiger partial charge in [0.25, 0.3) is 0 Å². The first-order chi connectivity index (χ1) is 4.18. The van der Waals surface area contributed by atoms with Crippen LogP contribution in [-0.2, 0) is 0 Å². The van der Waals surface area contributed by atoms with E-state index in [9.17, 15) is 0 Å². The lowest BCUT2D eigenvalue weighted by Gasteiger charge is -1.90. The number of allylic oxidation sites excluding steroid dienone is 2. The number of rotatable bonds is 3. The van der Waals surface area contributed by atoms with Crippen molar-refractivity contribution >= 4 is 5.84 Å². The smallest absolute Gasteiger partial charge is 0.122 e. The molecule has 0 aliphatic rings. The zero-order chi connectivity index (χ0) is 7.28. The molecule has 0 fully saturated rings. The Morgan fingerprint density at radius 2 is 2.11 bits per heavy atom. The van der Waals surface area contributed by atoms with Crippen molar-refractivity contribution in [1.29, 1.82) is 5.41 Å². The molecular weight excluding hydrogens is 112 g/mol. The van der Waals surface area contributed by atoms with Crippen LogP contribution in [0.1, 0.15) is 0 Å². The van der Waals surface area contributed by atoms with Crippen LogP contribution in [0.25, 0.3) is 0 Å². The minimum absolute atomic E-state index is 0.00639. The Balaban J connectivity index is 3.92. The highest BCUT2D eigenvalue weighted by molar-refractivity contribution is 5.96. The zero-order valence-corrected chi connectivity index (χ0v) is 5.22. The molecule has 0 heterocycles. The first kappa shape index (κ1) is 7.69. The van der Waals surface area contributed by atoms with Crippen molar-refractivity contribution in [1.82, 2.24) is 0 Å². The lowest BCUT2D eigenvalue weighted by Crippen LogP contribution is -2.09. The van der Waals surface area contributed by atoms with Gasteiger partial charge in [-0.05, 0) is 0 Å². The van der Waals surface area contributed by atoms with Gasteiger partial charge >= 0.3 is 0 Å². The third-order valence-electron chi connectivity index (χ3n) is 0.779. The molecule has 48 valence electrons. The average molecular weight is 122 g/mol. The second-order valence-corrected chi connectivity index (χ2v) is 1.53. The van der Waals surface area contributed by atoms with E-state index in [-0.39, 0.29) is 5.84 Å². The predicted octanol–water partition coefficient (Wildman–Crippen LogP) is 1.22. The Morgan fingerprint density at radius 1 is 1.56 bits per heavy atom.